The molecule has 0 bridgehead atoms. The number of hydrogen-bond donors (Lipinski definition) is 2. The molecule has 1 atom stereocenters. The number of aromatic nitrogens is 4. The number of aromatic amines is 1. The number of carbonyl (C=O) groups is 1. The van der Waals surface area contributed by atoms with Crippen molar-refractivity contribution >= 4 is 5.97 Å². The average Bonchev–Trinajstić information content (AvgIpc) is 2.88. The quantitative estimate of drug-likeness (QED) is 0.795. The Hall–Kier alpha value is -2.24. The van der Waals surface area contributed by atoms with Gasteiger partial charge in [0.15, 0.2) is 5.69 Å². The molecule has 0 spiro atoms. The van der Waals surface area contributed by atoms with E-state index in [1.54, 1.807) is 12.4 Å². The second kappa shape index (κ2) is 3.65. The number of carboxylic acid groups (broad SMARTS) is 1. The smallest absolute Gasteiger partial charge is 0.356 e. The zero-order valence-corrected chi connectivity index (χ0v) is 8.92. The van der Waals surface area contributed by atoms with Crippen molar-refractivity contribution in [2.75, 3.05) is 0 Å². The van der Waals surface area contributed by atoms with Crippen LogP contribution in [0.15, 0.2) is 18.7 Å². The van der Waals surface area contributed by atoms with Gasteiger partial charge in [0, 0.05) is 23.7 Å². The van der Waals surface area contributed by atoms with E-state index in [4.69, 9.17) is 5.11 Å². The molecule has 0 fully saturated rings. The molecule has 2 heterocycles. The van der Waals surface area contributed by atoms with Crippen LogP contribution in [0.1, 0.15) is 33.2 Å². The summed E-state index contributed by atoms with van der Waals surface area (Å²) < 4.78 is 0. The molecule has 0 amide bonds. The zero-order chi connectivity index (χ0) is 11.8. The fraction of sp³-hybridized carbons (Fsp3) is 0.273. The van der Waals surface area contributed by atoms with Gasteiger partial charge in [0.1, 0.15) is 6.33 Å². The van der Waals surface area contributed by atoms with Crippen LogP contribution in [0.5, 0.6) is 0 Å². The minimum Gasteiger partial charge on any atom is -0.476 e. The van der Waals surface area contributed by atoms with Crippen molar-refractivity contribution < 1.29 is 9.90 Å². The van der Waals surface area contributed by atoms with Crippen LogP contribution in [0.25, 0.3) is 0 Å². The van der Waals surface area contributed by atoms with Gasteiger partial charge in [-0.3, -0.25) is 5.10 Å². The predicted molar refractivity (Wildman–Crippen MR) is 57.7 cm³/mol. The summed E-state index contributed by atoms with van der Waals surface area (Å²) in [4.78, 5) is 18.9. The molecule has 0 saturated carbocycles. The van der Waals surface area contributed by atoms with Crippen LogP contribution < -0.4 is 0 Å². The van der Waals surface area contributed by atoms with Gasteiger partial charge in [0.2, 0.25) is 0 Å². The molecule has 17 heavy (non-hydrogen) atoms. The number of nitrogens with one attached hydrogen (secondary N) is 1. The first-order chi connectivity index (χ1) is 8.25. The molecule has 0 saturated heterocycles. The van der Waals surface area contributed by atoms with Crippen molar-refractivity contribution in [3.8, 4) is 0 Å². The second-order valence-corrected chi connectivity index (χ2v) is 4.11. The summed E-state index contributed by atoms with van der Waals surface area (Å²) in [5.41, 5.74) is 2.90. The predicted octanol–water partition coefficient (Wildman–Crippen LogP) is 0.780. The molecule has 1 unspecified atom stereocenters. The Bertz CT molecular complexity index is 564. The van der Waals surface area contributed by atoms with Gasteiger partial charge < -0.3 is 5.11 Å². The Morgan fingerprint density at radius 3 is 2.82 bits per heavy atom. The van der Waals surface area contributed by atoms with Crippen molar-refractivity contribution in [1.82, 2.24) is 20.2 Å². The molecule has 3 rings (SSSR count). The van der Waals surface area contributed by atoms with Gasteiger partial charge in [-0.2, -0.15) is 5.10 Å². The molecule has 1 aliphatic carbocycles. The van der Waals surface area contributed by atoms with E-state index in [0.717, 1.165) is 23.2 Å². The monoisotopic (exact) mass is 230 g/mol. The van der Waals surface area contributed by atoms with E-state index in [0.29, 0.717) is 6.42 Å². The van der Waals surface area contributed by atoms with Crippen LogP contribution in [0.4, 0.5) is 0 Å². The van der Waals surface area contributed by atoms with Gasteiger partial charge in [-0.25, -0.2) is 14.8 Å². The summed E-state index contributed by atoms with van der Waals surface area (Å²) in [6.45, 7) is 0. The third-order valence-electron chi connectivity index (χ3n) is 3.11. The molecule has 86 valence electrons. The average molecular weight is 230 g/mol. The molecular formula is C11H10N4O2. The summed E-state index contributed by atoms with van der Waals surface area (Å²) in [7, 11) is 0. The highest BCUT2D eigenvalue weighted by molar-refractivity contribution is 5.87. The van der Waals surface area contributed by atoms with Crippen LogP contribution in [-0.4, -0.2) is 31.2 Å². The number of fused-ring (bicyclic) bond motifs is 1. The summed E-state index contributed by atoms with van der Waals surface area (Å²) in [5, 5.41) is 15.6. The summed E-state index contributed by atoms with van der Waals surface area (Å²) >= 11 is 0. The molecule has 1 aliphatic rings. The first-order valence-corrected chi connectivity index (χ1v) is 5.30. The van der Waals surface area contributed by atoms with Gasteiger partial charge in [-0.05, 0) is 24.3 Å². The number of carboxylic acids is 1. The third-order valence-corrected chi connectivity index (χ3v) is 3.11. The summed E-state index contributed by atoms with van der Waals surface area (Å²) in [6.07, 6.45) is 6.49. The minimum absolute atomic E-state index is 0.138. The van der Waals surface area contributed by atoms with Crippen LogP contribution in [-0.2, 0) is 12.8 Å². The van der Waals surface area contributed by atoms with Crippen LogP contribution in [0, 0.1) is 0 Å². The first-order valence-electron chi connectivity index (χ1n) is 5.30. The van der Waals surface area contributed by atoms with E-state index in [1.165, 1.54) is 6.33 Å². The van der Waals surface area contributed by atoms with Crippen LogP contribution in [0.2, 0.25) is 0 Å². The van der Waals surface area contributed by atoms with E-state index in [9.17, 15) is 4.79 Å². The molecular weight excluding hydrogens is 220 g/mol. The van der Waals surface area contributed by atoms with Gasteiger partial charge in [0.05, 0.1) is 0 Å². The van der Waals surface area contributed by atoms with Crippen LogP contribution >= 0.6 is 0 Å². The lowest BCUT2D eigenvalue weighted by Gasteiger charge is -2.07. The molecule has 6 nitrogen and oxygen atoms in total. The third kappa shape index (κ3) is 1.57. The highest BCUT2D eigenvalue weighted by atomic mass is 16.4. The van der Waals surface area contributed by atoms with E-state index in [-0.39, 0.29) is 11.6 Å². The summed E-state index contributed by atoms with van der Waals surface area (Å²) in [5.74, 6) is -0.731. The minimum atomic E-state index is -0.979. The molecule has 0 aliphatic heterocycles. The topological polar surface area (TPSA) is 91.8 Å². The van der Waals surface area contributed by atoms with E-state index >= 15 is 0 Å². The molecule has 0 aromatic carbocycles. The number of H-pyrrole nitrogens is 1. The molecule has 2 aromatic rings. The highest BCUT2D eigenvalue weighted by Gasteiger charge is 2.30. The Kier molecular flexibility index (Phi) is 2.14. The van der Waals surface area contributed by atoms with Crippen molar-refractivity contribution in [2.45, 2.75) is 18.8 Å². The largest absolute Gasteiger partial charge is 0.476 e. The maximum absolute atomic E-state index is 11.0. The molecule has 6 heteroatoms. The Labute approximate surface area is 96.7 Å². The fourth-order valence-corrected chi connectivity index (χ4v) is 2.29. The first kappa shape index (κ1) is 9.95. The maximum Gasteiger partial charge on any atom is 0.356 e. The van der Waals surface area contributed by atoms with Crippen molar-refractivity contribution in [3.63, 3.8) is 0 Å². The normalized spacial score (nSPS) is 18.0. The van der Waals surface area contributed by atoms with Gasteiger partial charge in [0.25, 0.3) is 0 Å². The Morgan fingerprint density at radius 1 is 1.35 bits per heavy atom. The van der Waals surface area contributed by atoms with Crippen molar-refractivity contribution in [1.29, 1.82) is 0 Å². The molecule has 2 aromatic heterocycles. The SMILES string of the molecule is O=C(O)c1n[nH]c2c1CC(c1cncnc1)C2. The highest BCUT2D eigenvalue weighted by Crippen LogP contribution is 2.33. The van der Waals surface area contributed by atoms with E-state index in [2.05, 4.69) is 20.2 Å². The molecule has 0 radical (unpaired) electrons. The number of aromatic carboxylic acids is 1. The fourth-order valence-electron chi connectivity index (χ4n) is 2.29. The zero-order valence-electron chi connectivity index (χ0n) is 8.92. The maximum atomic E-state index is 11.0. The van der Waals surface area contributed by atoms with Crippen LogP contribution in [0.3, 0.4) is 0 Å². The lowest BCUT2D eigenvalue weighted by molar-refractivity contribution is 0.0689. The second-order valence-electron chi connectivity index (χ2n) is 4.11. The van der Waals surface area contributed by atoms with Crippen molar-refractivity contribution in [2.24, 2.45) is 0 Å². The van der Waals surface area contributed by atoms with Gasteiger partial charge in [-0.1, -0.05) is 0 Å². The number of hydrogen-bond acceptors (Lipinski definition) is 4. The lowest BCUT2D eigenvalue weighted by atomic mass is 9.99. The van der Waals surface area contributed by atoms with E-state index in [1.807, 2.05) is 0 Å². The number of rotatable bonds is 2. The molecule has 2 N–H and O–H groups in total. The standard InChI is InChI=1S/C11H10N4O2/c16-11(17)10-8-1-6(2-9(8)14-15-10)7-3-12-5-13-4-7/h3-6H,1-2H2,(H,14,15)(H,16,17). The Morgan fingerprint density at radius 2 is 2.12 bits per heavy atom. The van der Waals surface area contributed by atoms with E-state index < -0.39 is 5.97 Å². The van der Waals surface area contributed by atoms with Gasteiger partial charge >= 0.3 is 5.97 Å². The Balaban J connectivity index is 1.91. The van der Waals surface area contributed by atoms with Crippen molar-refractivity contribution in [3.05, 3.63) is 41.2 Å². The van der Waals surface area contributed by atoms with Gasteiger partial charge in [-0.15, -0.1) is 0 Å². The lowest BCUT2D eigenvalue weighted by Crippen LogP contribution is -2.04. The summed E-state index contributed by atoms with van der Waals surface area (Å²) in [6, 6.07) is 0. The number of nitrogens with zero attached hydrogens (tertiary/aromatic N) is 3.